The SMILES string of the molecule is CC1(C)N=C(N)N=C(N)N1c1ccc(OCc2ccccc2C(=O)Nc2ccc(S(=O)(=O)F)cc2)c(Cl)c1. The molecule has 5 N–H and O–H groups in total. The Morgan fingerprint density at radius 2 is 1.79 bits per heavy atom. The monoisotopic (exact) mass is 558 g/mol. The van der Waals surface area contributed by atoms with E-state index in [1.54, 1.807) is 47.4 Å². The molecule has 0 spiro atoms. The van der Waals surface area contributed by atoms with Gasteiger partial charge >= 0.3 is 10.2 Å². The van der Waals surface area contributed by atoms with E-state index in [9.17, 15) is 17.1 Å². The molecule has 0 bridgehead atoms. The molecule has 38 heavy (non-hydrogen) atoms. The maximum atomic E-state index is 13.1. The lowest BCUT2D eigenvalue weighted by molar-refractivity contribution is 0.102. The highest BCUT2D eigenvalue weighted by molar-refractivity contribution is 7.86. The van der Waals surface area contributed by atoms with Gasteiger partial charge in [0.15, 0.2) is 0 Å². The van der Waals surface area contributed by atoms with Crippen molar-refractivity contribution in [3.8, 4) is 5.75 Å². The Balaban J connectivity index is 1.48. The molecule has 0 saturated carbocycles. The average molecular weight is 559 g/mol. The smallest absolute Gasteiger partial charge is 0.332 e. The Morgan fingerprint density at radius 3 is 2.42 bits per heavy atom. The van der Waals surface area contributed by atoms with Crippen molar-refractivity contribution in [3.63, 3.8) is 0 Å². The minimum atomic E-state index is -4.83. The summed E-state index contributed by atoms with van der Waals surface area (Å²) in [6.07, 6.45) is 0. The van der Waals surface area contributed by atoms with Gasteiger partial charge < -0.3 is 21.5 Å². The molecule has 4 rings (SSSR count). The van der Waals surface area contributed by atoms with Gasteiger partial charge in [-0.15, -0.1) is 3.89 Å². The summed E-state index contributed by atoms with van der Waals surface area (Å²) in [7, 11) is -4.83. The van der Waals surface area contributed by atoms with Gasteiger partial charge in [-0.3, -0.25) is 9.69 Å². The zero-order chi connectivity index (χ0) is 27.7. The highest BCUT2D eigenvalue weighted by atomic mass is 35.5. The number of carbonyl (C=O) groups is 1. The van der Waals surface area contributed by atoms with Gasteiger partial charge in [0.25, 0.3) is 5.91 Å². The number of amides is 1. The normalized spacial score (nSPS) is 14.9. The highest BCUT2D eigenvalue weighted by Gasteiger charge is 2.33. The van der Waals surface area contributed by atoms with Crippen LogP contribution in [0.5, 0.6) is 5.75 Å². The molecule has 0 radical (unpaired) electrons. The lowest BCUT2D eigenvalue weighted by Gasteiger charge is -2.38. The number of benzene rings is 3. The third kappa shape index (κ3) is 5.87. The second kappa shape index (κ2) is 10.3. The summed E-state index contributed by atoms with van der Waals surface area (Å²) < 4.78 is 41.0. The largest absolute Gasteiger partial charge is 0.487 e. The fraction of sp³-hybridized carbons (Fsp3) is 0.160. The van der Waals surface area contributed by atoms with E-state index in [0.29, 0.717) is 33.3 Å². The van der Waals surface area contributed by atoms with E-state index in [0.717, 1.165) is 12.1 Å². The van der Waals surface area contributed by atoms with Gasteiger partial charge in [-0.2, -0.15) is 13.4 Å². The molecule has 0 atom stereocenters. The first-order valence-corrected chi connectivity index (χ1v) is 13.0. The number of ether oxygens (including phenoxy) is 1. The van der Waals surface area contributed by atoms with E-state index in [-0.39, 0.29) is 18.5 Å². The van der Waals surface area contributed by atoms with Crippen LogP contribution in [0.3, 0.4) is 0 Å². The Morgan fingerprint density at radius 1 is 1.11 bits per heavy atom. The lowest BCUT2D eigenvalue weighted by Crippen LogP contribution is -2.54. The predicted molar refractivity (Wildman–Crippen MR) is 145 cm³/mol. The molecule has 0 saturated heterocycles. The zero-order valence-electron chi connectivity index (χ0n) is 20.4. The number of nitrogens with zero attached hydrogens (tertiary/aromatic N) is 3. The number of anilines is 2. The van der Waals surface area contributed by atoms with Gasteiger partial charge in [-0.05, 0) is 62.4 Å². The van der Waals surface area contributed by atoms with Gasteiger partial charge in [0, 0.05) is 22.5 Å². The fourth-order valence-corrected chi connectivity index (χ4v) is 4.61. The summed E-state index contributed by atoms with van der Waals surface area (Å²) in [6.45, 7) is 3.69. The molecule has 1 aliphatic heterocycles. The van der Waals surface area contributed by atoms with Gasteiger partial charge in [-0.1, -0.05) is 29.8 Å². The van der Waals surface area contributed by atoms with Crippen molar-refractivity contribution in [1.82, 2.24) is 0 Å². The van der Waals surface area contributed by atoms with Crippen molar-refractivity contribution in [1.29, 1.82) is 0 Å². The number of aliphatic imine (C=N–C) groups is 2. The number of nitrogens with two attached hydrogens (primary N) is 2. The summed E-state index contributed by atoms with van der Waals surface area (Å²) in [5.41, 5.74) is 12.9. The van der Waals surface area contributed by atoms with E-state index in [4.69, 9.17) is 27.8 Å². The molecular formula is C25H24ClFN6O4S. The first-order chi connectivity index (χ1) is 17.8. The Kier molecular flexibility index (Phi) is 7.29. The second-order valence-corrected chi connectivity index (χ2v) is 10.5. The van der Waals surface area contributed by atoms with Gasteiger partial charge in [-0.25, -0.2) is 4.99 Å². The quantitative estimate of drug-likeness (QED) is 0.370. The third-order valence-corrected chi connectivity index (χ3v) is 6.74. The molecule has 198 valence electrons. The number of guanidine groups is 2. The standard InChI is InChI=1S/C25H24ClFN6O4S/c1-25(2)32-23(28)31-24(29)33(25)17-9-12-21(20(26)13-17)37-14-15-5-3-4-6-19(15)22(34)30-16-7-10-18(11-8-16)38(27,35)36/h3-13H,14H2,1-2H3,(H,30,34)(H4,28,29,31,32). The number of hydrogen-bond acceptors (Lipinski definition) is 9. The average Bonchev–Trinajstić information content (AvgIpc) is 2.82. The molecule has 13 heteroatoms. The van der Waals surface area contributed by atoms with Crippen LogP contribution < -0.4 is 26.4 Å². The Bertz CT molecular complexity index is 1560. The highest BCUT2D eigenvalue weighted by Crippen LogP contribution is 2.34. The van der Waals surface area contributed by atoms with Crippen LogP contribution >= 0.6 is 11.6 Å². The van der Waals surface area contributed by atoms with E-state index < -0.39 is 26.7 Å². The molecule has 0 aliphatic carbocycles. The van der Waals surface area contributed by atoms with E-state index >= 15 is 0 Å². The van der Waals surface area contributed by atoms with Crippen molar-refractivity contribution in [3.05, 3.63) is 82.9 Å². The van der Waals surface area contributed by atoms with E-state index in [1.165, 1.54) is 12.1 Å². The summed E-state index contributed by atoms with van der Waals surface area (Å²) in [4.78, 5) is 22.4. The molecular weight excluding hydrogens is 535 g/mol. The number of rotatable bonds is 7. The number of carbonyl (C=O) groups excluding carboxylic acids is 1. The number of halogens is 2. The van der Waals surface area contributed by atoms with Gasteiger partial charge in [0.2, 0.25) is 11.9 Å². The fourth-order valence-electron chi connectivity index (χ4n) is 3.92. The van der Waals surface area contributed by atoms with Crippen LogP contribution in [0.25, 0.3) is 0 Å². The van der Waals surface area contributed by atoms with Crippen LogP contribution in [0, 0.1) is 0 Å². The lowest BCUT2D eigenvalue weighted by atomic mass is 10.1. The molecule has 0 fully saturated rings. The molecule has 1 amide bonds. The van der Waals surface area contributed by atoms with E-state index in [2.05, 4.69) is 15.3 Å². The third-order valence-electron chi connectivity index (χ3n) is 5.61. The minimum absolute atomic E-state index is 0.0291. The molecule has 0 aromatic heterocycles. The van der Waals surface area contributed by atoms with Crippen LogP contribution in [-0.2, 0) is 16.8 Å². The van der Waals surface area contributed by atoms with Crippen molar-refractivity contribution in [2.24, 2.45) is 21.5 Å². The molecule has 1 heterocycles. The van der Waals surface area contributed by atoms with Crippen LogP contribution in [0.2, 0.25) is 5.02 Å². The topological polar surface area (TPSA) is 152 Å². The molecule has 10 nitrogen and oxygen atoms in total. The van der Waals surface area contributed by atoms with Crippen molar-refractivity contribution < 1.29 is 21.8 Å². The summed E-state index contributed by atoms with van der Waals surface area (Å²) in [6, 6.07) is 16.6. The Labute approximate surface area is 224 Å². The maximum Gasteiger partial charge on any atom is 0.332 e. The first-order valence-electron chi connectivity index (χ1n) is 11.2. The molecule has 0 unspecified atom stereocenters. The number of nitrogens with one attached hydrogen (secondary N) is 1. The van der Waals surface area contributed by atoms with E-state index in [1.807, 2.05) is 13.8 Å². The van der Waals surface area contributed by atoms with Crippen LogP contribution in [0.4, 0.5) is 15.3 Å². The number of hydrogen-bond donors (Lipinski definition) is 3. The van der Waals surface area contributed by atoms with Gasteiger partial charge in [0.1, 0.15) is 18.0 Å². The van der Waals surface area contributed by atoms with Crippen molar-refractivity contribution in [2.45, 2.75) is 31.0 Å². The van der Waals surface area contributed by atoms with Crippen LogP contribution in [0.15, 0.2) is 81.6 Å². The summed E-state index contributed by atoms with van der Waals surface area (Å²) in [5, 5.41) is 2.96. The molecule has 1 aliphatic rings. The first kappa shape index (κ1) is 26.9. The van der Waals surface area contributed by atoms with Crippen LogP contribution in [-0.4, -0.2) is 31.9 Å². The second-order valence-electron chi connectivity index (χ2n) is 8.75. The Hall–Kier alpha value is -4.16. The maximum absolute atomic E-state index is 13.1. The minimum Gasteiger partial charge on any atom is -0.487 e. The summed E-state index contributed by atoms with van der Waals surface area (Å²) in [5.74, 6) is 0.181. The zero-order valence-corrected chi connectivity index (χ0v) is 21.9. The predicted octanol–water partition coefficient (Wildman–Crippen LogP) is 4.02. The van der Waals surface area contributed by atoms with Crippen molar-refractivity contribution >= 4 is 51.0 Å². The van der Waals surface area contributed by atoms with Crippen molar-refractivity contribution in [2.75, 3.05) is 10.2 Å². The summed E-state index contributed by atoms with van der Waals surface area (Å²) >= 11 is 6.50. The van der Waals surface area contributed by atoms with Gasteiger partial charge in [0.05, 0.1) is 9.92 Å². The van der Waals surface area contributed by atoms with Crippen LogP contribution in [0.1, 0.15) is 29.8 Å². The molecule has 3 aromatic carbocycles. The molecule has 3 aromatic rings.